The minimum Gasteiger partial charge on any atom is -0.378 e. The Bertz CT molecular complexity index is 300. The first-order valence-corrected chi connectivity index (χ1v) is 8.41. The summed E-state index contributed by atoms with van der Waals surface area (Å²) >= 11 is 0. The molecule has 3 atom stereocenters. The Morgan fingerprint density at radius 3 is 2.75 bits per heavy atom. The molecule has 0 spiro atoms. The predicted octanol–water partition coefficient (Wildman–Crippen LogP) is 4.03. The van der Waals surface area contributed by atoms with Crippen LogP contribution in [-0.2, 0) is 4.74 Å². The van der Waals surface area contributed by atoms with Crippen molar-refractivity contribution < 1.29 is 4.74 Å². The fourth-order valence-electron chi connectivity index (χ4n) is 3.17. The van der Waals surface area contributed by atoms with Gasteiger partial charge in [-0.15, -0.1) is 0 Å². The van der Waals surface area contributed by atoms with Crippen molar-refractivity contribution in [2.45, 2.75) is 83.8 Å². The van der Waals surface area contributed by atoms with Crippen LogP contribution < -0.4 is 5.32 Å². The van der Waals surface area contributed by atoms with Crippen LogP contribution in [0, 0.1) is 17.2 Å². The average molecular weight is 280 g/mol. The van der Waals surface area contributed by atoms with Gasteiger partial charge in [0.15, 0.2) is 0 Å². The summed E-state index contributed by atoms with van der Waals surface area (Å²) in [5.74, 6) is 0.879. The molecule has 1 aliphatic carbocycles. The molecule has 1 N–H and O–H groups in total. The highest BCUT2D eigenvalue weighted by Gasteiger charge is 2.22. The van der Waals surface area contributed by atoms with Gasteiger partial charge in [-0.1, -0.05) is 33.1 Å². The van der Waals surface area contributed by atoms with Crippen LogP contribution in [0.2, 0.25) is 0 Å². The third-order valence-electron chi connectivity index (χ3n) is 4.55. The maximum Gasteiger partial charge on any atom is 0.103 e. The van der Waals surface area contributed by atoms with Crippen molar-refractivity contribution >= 4 is 0 Å². The molecular formula is C17H32N2O. The van der Waals surface area contributed by atoms with Crippen LogP contribution in [0.1, 0.15) is 72.1 Å². The third-order valence-corrected chi connectivity index (χ3v) is 4.55. The highest BCUT2D eigenvalue weighted by molar-refractivity contribution is 5.03. The number of hydrogen-bond donors (Lipinski definition) is 1. The molecule has 20 heavy (non-hydrogen) atoms. The molecule has 0 aromatic carbocycles. The zero-order valence-electron chi connectivity index (χ0n) is 13.6. The normalized spacial score (nSPS) is 25.9. The second kappa shape index (κ2) is 9.37. The van der Waals surface area contributed by atoms with Crippen LogP contribution in [0.15, 0.2) is 0 Å². The van der Waals surface area contributed by atoms with Crippen LogP contribution in [0.5, 0.6) is 0 Å². The Morgan fingerprint density at radius 1 is 1.30 bits per heavy atom. The van der Waals surface area contributed by atoms with E-state index in [2.05, 4.69) is 18.3 Å². The molecule has 3 nitrogen and oxygen atoms in total. The number of unbranched alkanes of at least 4 members (excludes halogenated alkanes) is 1. The van der Waals surface area contributed by atoms with Crippen molar-refractivity contribution in [3.8, 4) is 6.07 Å². The summed E-state index contributed by atoms with van der Waals surface area (Å²) in [7, 11) is 0. The highest BCUT2D eigenvalue weighted by atomic mass is 16.5. The smallest absolute Gasteiger partial charge is 0.103 e. The molecule has 0 saturated heterocycles. The molecule has 3 heteroatoms. The van der Waals surface area contributed by atoms with Gasteiger partial charge in [0.25, 0.3) is 0 Å². The molecular weight excluding hydrogens is 248 g/mol. The van der Waals surface area contributed by atoms with E-state index < -0.39 is 0 Å². The molecule has 0 heterocycles. The second-order valence-electron chi connectivity index (χ2n) is 6.37. The molecule has 1 rings (SSSR count). The van der Waals surface area contributed by atoms with E-state index >= 15 is 0 Å². The minimum absolute atomic E-state index is 0.368. The minimum atomic E-state index is -0.368. The number of nitriles is 1. The van der Waals surface area contributed by atoms with Gasteiger partial charge in [0.2, 0.25) is 0 Å². The summed E-state index contributed by atoms with van der Waals surface area (Å²) in [6, 6.07) is 2.38. The van der Waals surface area contributed by atoms with Crippen molar-refractivity contribution in [2.75, 3.05) is 13.2 Å². The molecule has 116 valence electrons. The van der Waals surface area contributed by atoms with Gasteiger partial charge in [0.05, 0.1) is 12.2 Å². The summed E-state index contributed by atoms with van der Waals surface area (Å²) < 4.78 is 6.02. The Morgan fingerprint density at radius 2 is 2.10 bits per heavy atom. The van der Waals surface area contributed by atoms with E-state index in [0.29, 0.717) is 6.10 Å². The number of hydrogen-bond acceptors (Lipinski definition) is 3. The zero-order chi connectivity index (χ0) is 14.8. The number of nitrogens with one attached hydrogen (secondary N) is 1. The van der Waals surface area contributed by atoms with Crippen molar-refractivity contribution in [1.82, 2.24) is 5.32 Å². The molecule has 0 aliphatic heterocycles. The summed E-state index contributed by atoms with van der Waals surface area (Å²) in [5.41, 5.74) is -0.368. The first-order chi connectivity index (χ1) is 9.63. The standard InChI is InChI=1S/C17H32N2O/c1-4-15-9-8-10-16(13-15)20-12-7-6-11-17(3,14-18)19-5-2/h15-16,19H,4-13H2,1-3H3. The lowest BCUT2D eigenvalue weighted by Gasteiger charge is -2.28. The van der Waals surface area contributed by atoms with E-state index in [1.165, 1.54) is 32.1 Å². The van der Waals surface area contributed by atoms with Gasteiger partial charge in [-0.3, -0.25) is 5.32 Å². The molecule has 0 amide bonds. The van der Waals surface area contributed by atoms with Crippen LogP contribution in [0.4, 0.5) is 0 Å². The molecule has 1 fully saturated rings. The van der Waals surface area contributed by atoms with Gasteiger partial charge in [0, 0.05) is 6.61 Å². The molecule has 0 aromatic rings. The molecule has 0 aromatic heterocycles. The van der Waals surface area contributed by atoms with E-state index in [1.54, 1.807) is 0 Å². The monoisotopic (exact) mass is 280 g/mol. The number of ether oxygens (including phenoxy) is 1. The van der Waals surface area contributed by atoms with E-state index in [1.807, 2.05) is 13.8 Å². The summed E-state index contributed by atoms with van der Waals surface area (Å²) in [4.78, 5) is 0. The van der Waals surface area contributed by atoms with Crippen molar-refractivity contribution in [3.05, 3.63) is 0 Å². The van der Waals surface area contributed by atoms with E-state index in [-0.39, 0.29) is 5.54 Å². The van der Waals surface area contributed by atoms with Crippen LogP contribution in [0.3, 0.4) is 0 Å². The summed E-state index contributed by atoms with van der Waals surface area (Å²) in [5, 5.41) is 12.4. The van der Waals surface area contributed by atoms with Gasteiger partial charge in [-0.25, -0.2) is 0 Å². The topological polar surface area (TPSA) is 45.0 Å². The van der Waals surface area contributed by atoms with E-state index in [9.17, 15) is 5.26 Å². The van der Waals surface area contributed by atoms with Gasteiger partial charge in [0.1, 0.15) is 5.54 Å². The molecule has 1 aliphatic rings. The summed E-state index contributed by atoms with van der Waals surface area (Å²) in [6.07, 6.45) is 10.0. The Kier molecular flexibility index (Phi) is 8.18. The first kappa shape index (κ1) is 17.5. The largest absolute Gasteiger partial charge is 0.378 e. The maximum atomic E-state index is 9.19. The molecule has 0 radical (unpaired) electrons. The first-order valence-electron chi connectivity index (χ1n) is 8.41. The SMILES string of the molecule is CCNC(C)(C#N)CCCCOC1CCCC(CC)C1. The van der Waals surface area contributed by atoms with Crippen LogP contribution in [-0.4, -0.2) is 24.8 Å². The molecule has 0 bridgehead atoms. The van der Waals surface area contributed by atoms with E-state index in [4.69, 9.17) is 4.74 Å². The molecule has 1 saturated carbocycles. The fraction of sp³-hybridized carbons (Fsp3) is 0.941. The van der Waals surface area contributed by atoms with Gasteiger partial charge in [-0.2, -0.15) is 5.26 Å². The molecule has 3 unspecified atom stereocenters. The van der Waals surface area contributed by atoms with Crippen LogP contribution in [0.25, 0.3) is 0 Å². The fourth-order valence-corrected chi connectivity index (χ4v) is 3.17. The van der Waals surface area contributed by atoms with E-state index in [0.717, 1.165) is 38.3 Å². The quantitative estimate of drug-likeness (QED) is 0.648. The lowest BCUT2D eigenvalue weighted by atomic mass is 9.85. The average Bonchev–Trinajstić information content (AvgIpc) is 2.47. The Labute approximate surface area is 125 Å². The Hall–Kier alpha value is -0.590. The second-order valence-corrected chi connectivity index (χ2v) is 6.37. The van der Waals surface area contributed by atoms with Gasteiger partial charge in [-0.05, 0) is 51.5 Å². The third kappa shape index (κ3) is 6.24. The lowest BCUT2D eigenvalue weighted by molar-refractivity contribution is 0.0104. The number of rotatable bonds is 9. The highest BCUT2D eigenvalue weighted by Crippen LogP contribution is 2.28. The summed E-state index contributed by atoms with van der Waals surface area (Å²) in [6.45, 7) is 8.03. The Balaban J connectivity index is 2.11. The van der Waals surface area contributed by atoms with Crippen molar-refractivity contribution in [3.63, 3.8) is 0 Å². The van der Waals surface area contributed by atoms with Crippen molar-refractivity contribution in [2.24, 2.45) is 5.92 Å². The number of nitrogens with zero attached hydrogens (tertiary/aromatic N) is 1. The van der Waals surface area contributed by atoms with Crippen molar-refractivity contribution in [1.29, 1.82) is 5.26 Å². The maximum absolute atomic E-state index is 9.19. The lowest BCUT2D eigenvalue weighted by Crippen LogP contribution is -2.40. The van der Waals surface area contributed by atoms with Gasteiger partial charge >= 0.3 is 0 Å². The zero-order valence-corrected chi connectivity index (χ0v) is 13.6. The van der Waals surface area contributed by atoms with Gasteiger partial charge < -0.3 is 4.74 Å². The van der Waals surface area contributed by atoms with Crippen LogP contribution >= 0.6 is 0 Å². The predicted molar refractivity (Wildman–Crippen MR) is 83.5 cm³/mol.